The van der Waals surface area contributed by atoms with E-state index in [-0.39, 0.29) is 6.04 Å². The fraction of sp³-hybridized carbons (Fsp3) is 0.312. The number of halogens is 1. The quantitative estimate of drug-likeness (QED) is 0.931. The average Bonchev–Trinajstić information content (AvgIpc) is 2.85. The van der Waals surface area contributed by atoms with E-state index in [9.17, 15) is 0 Å². The van der Waals surface area contributed by atoms with Crippen LogP contribution in [0.3, 0.4) is 0 Å². The van der Waals surface area contributed by atoms with E-state index in [1.807, 2.05) is 6.07 Å². The molecule has 2 atom stereocenters. The maximum Gasteiger partial charge on any atom is 0.0621 e. The highest BCUT2D eigenvalue weighted by Gasteiger charge is 2.27. The van der Waals surface area contributed by atoms with Crippen LogP contribution in [0.1, 0.15) is 29.0 Å². The van der Waals surface area contributed by atoms with Crippen LogP contribution in [0.5, 0.6) is 0 Å². The summed E-state index contributed by atoms with van der Waals surface area (Å²) in [5.74, 6) is 0.445. The third kappa shape index (κ3) is 2.51. The van der Waals surface area contributed by atoms with Gasteiger partial charge in [0.2, 0.25) is 0 Å². The summed E-state index contributed by atoms with van der Waals surface area (Å²) in [6, 6.07) is 10.7. The van der Waals surface area contributed by atoms with Crippen LogP contribution in [-0.4, -0.2) is 11.0 Å². The van der Waals surface area contributed by atoms with Gasteiger partial charge in [0.25, 0.3) is 0 Å². The van der Waals surface area contributed by atoms with Crippen molar-refractivity contribution in [2.75, 3.05) is 0 Å². The summed E-state index contributed by atoms with van der Waals surface area (Å²) >= 11 is 6.16. The molecular weight excluding hydrogens is 256 g/mol. The highest BCUT2D eigenvalue weighted by Crippen LogP contribution is 2.35. The SMILES string of the molecule is NC(Cc1ccncc1Cl)C1CCc2ccccc21. The van der Waals surface area contributed by atoms with E-state index >= 15 is 0 Å². The van der Waals surface area contributed by atoms with Crippen molar-refractivity contribution >= 4 is 11.6 Å². The Morgan fingerprint density at radius 3 is 3.00 bits per heavy atom. The van der Waals surface area contributed by atoms with Crippen molar-refractivity contribution in [3.05, 3.63) is 64.4 Å². The van der Waals surface area contributed by atoms with Gasteiger partial charge in [0.1, 0.15) is 0 Å². The molecule has 1 aromatic heterocycles. The molecule has 1 aliphatic carbocycles. The number of pyridine rings is 1. The first-order chi connectivity index (χ1) is 9.25. The molecule has 0 radical (unpaired) electrons. The Balaban J connectivity index is 1.79. The molecule has 0 spiro atoms. The molecule has 3 rings (SSSR count). The molecule has 0 saturated heterocycles. The van der Waals surface area contributed by atoms with Crippen molar-refractivity contribution in [3.8, 4) is 0 Å². The van der Waals surface area contributed by atoms with Gasteiger partial charge >= 0.3 is 0 Å². The Hall–Kier alpha value is -1.38. The highest BCUT2D eigenvalue weighted by molar-refractivity contribution is 6.31. The van der Waals surface area contributed by atoms with Crippen LogP contribution in [0.4, 0.5) is 0 Å². The lowest BCUT2D eigenvalue weighted by molar-refractivity contribution is 0.525. The van der Waals surface area contributed by atoms with Gasteiger partial charge in [0.15, 0.2) is 0 Å². The number of nitrogens with zero attached hydrogens (tertiary/aromatic N) is 1. The molecule has 3 heteroatoms. The van der Waals surface area contributed by atoms with E-state index in [0.717, 1.165) is 24.8 Å². The van der Waals surface area contributed by atoms with Crippen LogP contribution in [0, 0.1) is 0 Å². The van der Waals surface area contributed by atoms with E-state index in [2.05, 4.69) is 29.2 Å². The molecule has 0 saturated carbocycles. The van der Waals surface area contributed by atoms with Crippen molar-refractivity contribution in [2.24, 2.45) is 5.73 Å². The molecule has 1 aromatic carbocycles. The summed E-state index contributed by atoms with van der Waals surface area (Å²) in [6.45, 7) is 0. The maximum absolute atomic E-state index is 6.42. The standard InChI is InChI=1S/C16H17ClN2/c17-15-10-19-8-7-12(15)9-16(18)14-6-5-11-3-1-2-4-13(11)14/h1-4,7-8,10,14,16H,5-6,9,18H2. The van der Waals surface area contributed by atoms with E-state index < -0.39 is 0 Å². The monoisotopic (exact) mass is 272 g/mol. The summed E-state index contributed by atoms with van der Waals surface area (Å²) < 4.78 is 0. The molecule has 2 unspecified atom stereocenters. The molecule has 0 fully saturated rings. The van der Waals surface area contributed by atoms with Gasteiger partial charge in [-0.1, -0.05) is 35.9 Å². The van der Waals surface area contributed by atoms with Crippen molar-refractivity contribution < 1.29 is 0 Å². The predicted octanol–water partition coefficient (Wildman–Crippen LogP) is 3.33. The van der Waals surface area contributed by atoms with Crippen molar-refractivity contribution in [2.45, 2.75) is 31.2 Å². The smallest absolute Gasteiger partial charge is 0.0621 e. The van der Waals surface area contributed by atoms with Crippen LogP contribution in [0.2, 0.25) is 5.02 Å². The van der Waals surface area contributed by atoms with Gasteiger partial charge in [-0.25, -0.2) is 0 Å². The summed E-state index contributed by atoms with van der Waals surface area (Å²) in [7, 11) is 0. The van der Waals surface area contributed by atoms with Gasteiger partial charge in [-0.05, 0) is 47.9 Å². The third-order valence-electron chi connectivity index (χ3n) is 4.01. The molecule has 0 aliphatic heterocycles. The summed E-state index contributed by atoms with van der Waals surface area (Å²) in [6.07, 6.45) is 6.55. The van der Waals surface area contributed by atoms with Crippen LogP contribution < -0.4 is 5.73 Å². The predicted molar refractivity (Wildman–Crippen MR) is 78.4 cm³/mol. The van der Waals surface area contributed by atoms with Gasteiger partial charge in [-0.15, -0.1) is 0 Å². The molecular formula is C16H17ClN2. The topological polar surface area (TPSA) is 38.9 Å². The number of aromatic nitrogens is 1. The van der Waals surface area contributed by atoms with Gasteiger partial charge in [0.05, 0.1) is 5.02 Å². The van der Waals surface area contributed by atoms with Crippen LogP contribution >= 0.6 is 11.6 Å². The van der Waals surface area contributed by atoms with Crippen molar-refractivity contribution in [1.29, 1.82) is 0 Å². The normalized spacial score (nSPS) is 19.2. The zero-order valence-corrected chi connectivity index (χ0v) is 11.5. The summed E-state index contributed by atoms with van der Waals surface area (Å²) in [5.41, 5.74) is 10.4. The maximum atomic E-state index is 6.42. The first-order valence-corrected chi connectivity index (χ1v) is 7.05. The number of rotatable bonds is 3. The number of nitrogens with two attached hydrogens (primary N) is 1. The Labute approximate surface area is 118 Å². The number of hydrogen-bond donors (Lipinski definition) is 1. The van der Waals surface area contributed by atoms with Crippen molar-refractivity contribution in [1.82, 2.24) is 4.98 Å². The second-order valence-corrected chi connectivity index (χ2v) is 5.59. The van der Waals surface area contributed by atoms with Crippen LogP contribution in [0.15, 0.2) is 42.7 Å². The van der Waals surface area contributed by atoms with Gasteiger partial charge < -0.3 is 5.73 Å². The lowest BCUT2D eigenvalue weighted by Crippen LogP contribution is -2.29. The Kier molecular flexibility index (Phi) is 3.54. The summed E-state index contributed by atoms with van der Waals surface area (Å²) in [5, 5.41) is 0.712. The van der Waals surface area contributed by atoms with E-state index in [1.54, 1.807) is 12.4 Å². The van der Waals surface area contributed by atoms with Gasteiger partial charge in [-0.3, -0.25) is 4.98 Å². The fourth-order valence-corrected chi connectivity index (χ4v) is 3.20. The minimum absolute atomic E-state index is 0.114. The van der Waals surface area contributed by atoms with Gasteiger partial charge in [0, 0.05) is 18.4 Å². The molecule has 98 valence electrons. The Bertz CT molecular complexity index is 582. The highest BCUT2D eigenvalue weighted by atomic mass is 35.5. The van der Waals surface area contributed by atoms with Crippen LogP contribution in [0.25, 0.3) is 0 Å². The summed E-state index contributed by atoms with van der Waals surface area (Å²) in [4.78, 5) is 4.01. The zero-order valence-electron chi connectivity index (χ0n) is 10.7. The van der Waals surface area contributed by atoms with E-state index in [4.69, 9.17) is 17.3 Å². The second kappa shape index (κ2) is 5.32. The zero-order chi connectivity index (χ0) is 13.2. The molecule has 0 bridgehead atoms. The Morgan fingerprint density at radius 2 is 2.16 bits per heavy atom. The molecule has 0 amide bonds. The van der Waals surface area contributed by atoms with Crippen molar-refractivity contribution in [3.63, 3.8) is 0 Å². The lowest BCUT2D eigenvalue weighted by Gasteiger charge is -2.20. The Morgan fingerprint density at radius 1 is 1.32 bits per heavy atom. The fourth-order valence-electron chi connectivity index (χ4n) is 3.00. The first-order valence-electron chi connectivity index (χ1n) is 6.67. The van der Waals surface area contributed by atoms with Gasteiger partial charge in [-0.2, -0.15) is 0 Å². The van der Waals surface area contributed by atoms with Crippen LogP contribution in [-0.2, 0) is 12.8 Å². The van der Waals surface area contributed by atoms with E-state index in [1.165, 1.54) is 11.1 Å². The average molecular weight is 273 g/mol. The number of aryl methyl sites for hydroxylation is 1. The molecule has 1 heterocycles. The minimum Gasteiger partial charge on any atom is -0.327 e. The second-order valence-electron chi connectivity index (χ2n) is 5.18. The first kappa shape index (κ1) is 12.6. The van der Waals surface area contributed by atoms with E-state index in [0.29, 0.717) is 10.9 Å². The molecule has 2 aromatic rings. The number of fused-ring (bicyclic) bond motifs is 1. The molecule has 1 aliphatic rings. The molecule has 19 heavy (non-hydrogen) atoms. The number of benzene rings is 1. The third-order valence-corrected chi connectivity index (χ3v) is 4.35. The molecule has 2 N–H and O–H groups in total. The lowest BCUT2D eigenvalue weighted by atomic mass is 9.90. The molecule has 2 nitrogen and oxygen atoms in total. The largest absolute Gasteiger partial charge is 0.327 e. The number of hydrogen-bond acceptors (Lipinski definition) is 2. The minimum atomic E-state index is 0.114.